The molecule has 9 nitrogen and oxygen atoms in total. The molecule has 3 amide bonds. The third kappa shape index (κ3) is 6.03. The number of halogens is 1. The average molecular weight is 515 g/mol. The lowest BCUT2D eigenvalue weighted by molar-refractivity contribution is 0.0958. The van der Waals surface area contributed by atoms with Crippen molar-refractivity contribution in [1.29, 1.82) is 0 Å². The minimum absolute atomic E-state index is 0. The number of carbonyl (C=O) groups is 2. The molecule has 0 unspecified atom stereocenters. The maximum atomic E-state index is 12.4. The molecule has 0 fully saturated rings. The van der Waals surface area contributed by atoms with Crippen LogP contribution in [0, 0.1) is 0 Å². The van der Waals surface area contributed by atoms with Crippen LogP contribution in [0.5, 0.6) is 11.5 Å². The monoisotopic (exact) mass is 514 g/mol. The van der Waals surface area contributed by atoms with Crippen molar-refractivity contribution in [3.05, 3.63) is 96.8 Å². The lowest BCUT2D eigenvalue weighted by Gasteiger charge is -2.10. The first-order chi connectivity index (χ1) is 17.6. The van der Waals surface area contributed by atoms with Crippen LogP contribution in [0.15, 0.2) is 91.1 Å². The third-order valence-corrected chi connectivity index (χ3v) is 5.34. The quantitative estimate of drug-likeness (QED) is 0.227. The van der Waals surface area contributed by atoms with Crippen LogP contribution >= 0.6 is 12.4 Å². The molecule has 5 aromatic rings. The van der Waals surface area contributed by atoms with Gasteiger partial charge < -0.3 is 25.7 Å². The molecule has 10 heteroatoms. The minimum Gasteiger partial charge on any atom is -0.457 e. The van der Waals surface area contributed by atoms with Gasteiger partial charge >= 0.3 is 6.03 Å². The van der Waals surface area contributed by atoms with Crippen LogP contribution in [-0.2, 0) is 0 Å². The van der Waals surface area contributed by atoms with Crippen LogP contribution in [0.4, 0.5) is 16.2 Å². The summed E-state index contributed by atoms with van der Waals surface area (Å²) in [6.45, 7) is 0. The summed E-state index contributed by atoms with van der Waals surface area (Å²) in [5, 5.41) is 8.13. The summed E-state index contributed by atoms with van der Waals surface area (Å²) in [7, 11) is 1.54. The fraction of sp³-hybridized carbons (Fsp3) is 0.0370. The number of pyridine rings is 1. The van der Waals surface area contributed by atoms with Crippen LogP contribution in [0.25, 0.3) is 22.4 Å². The second-order valence-electron chi connectivity index (χ2n) is 7.84. The number of hydrogen-bond acceptors (Lipinski definition) is 5. The molecular formula is C27H23ClN6O3. The molecule has 0 saturated heterocycles. The van der Waals surface area contributed by atoms with Gasteiger partial charge in [0.2, 0.25) is 0 Å². The summed E-state index contributed by atoms with van der Waals surface area (Å²) in [6, 6.07) is 25.0. The molecule has 2 aromatic heterocycles. The molecule has 0 bridgehead atoms. The van der Waals surface area contributed by atoms with Crippen LogP contribution in [0.1, 0.15) is 10.5 Å². The van der Waals surface area contributed by atoms with Gasteiger partial charge in [0, 0.05) is 36.2 Å². The molecule has 37 heavy (non-hydrogen) atoms. The van der Waals surface area contributed by atoms with Gasteiger partial charge in [-0.2, -0.15) is 0 Å². The van der Waals surface area contributed by atoms with Gasteiger partial charge in [0.05, 0.1) is 11.0 Å². The van der Waals surface area contributed by atoms with Gasteiger partial charge in [0.25, 0.3) is 5.91 Å². The molecule has 3 aromatic carbocycles. The van der Waals surface area contributed by atoms with Crippen molar-refractivity contribution in [2.75, 3.05) is 17.7 Å². The molecule has 186 valence electrons. The number of fused-ring (bicyclic) bond motifs is 1. The summed E-state index contributed by atoms with van der Waals surface area (Å²) in [5.41, 5.74) is 4.30. The van der Waals surface area contributed by atoms with Gasteiger partial charge in [-0.3, -0.25) is 9.78 Å². The van der Waals surface area contributed by atoms with Crippen molar-refractivity contribution in [2.45, 2.75) is 0 Å². The number of nitrogens with zero attached hydrogens (tertiary/aromatic N) is 2. The zero-order valence-electron chi connectivity index (χ0n) is 19.7. The van der Waals surface area contributed by atoms with Crippen molar-refractivity contribution in [1.82, 2.24) is 20.3 Å². The highest BCUT2D eigenvalue weighted by Gasteiger charge is 2.09. The predicted molar refractivity (Wildman–Crippen MR) is 146 cm³/mol. The van der Waals surface area contributed by atoms with Gasteiger partial charge in [-0.25, -0.2) is 9.78 Å². The number of ether oxygens (including phenoxy) is 1. The minimum atomic E-state index is -0.371. The Morgan fingerprint density at radius 1 is 0.838 bits per heavy atom. The SMILES string of the molecule is CNC(=O)c1cc(Oc2ccc(NC(=O)Nc3ccc(-c4nc5ccccc5[nH]4)cc3)cc2)ccn1.Cl. The predicted octanol–water partition coefficient (Wildman–Crippen LogP) is 5.84. The van der Waals surface area contributed by atoms with Crippen molar-refractivity contribution in [3.8, 4) is 22.9 Å². The van der Waals surface area contributed by atoms with E-state index in [0.29, 0.717) is 22.9 Å². The number of benzene rings is 3. The highest BCUT2D eigenvalue weighted by molar-refractivity contribution is 6.00. The Morgan fingerprint density at radius 3 is 2.19 bits per heavy atom. The van der Waals surface area contributed by atoms with Crippen LogP contribution < -0.4 is 20.7 Å². The smallest absolute Gasteiger partial charge is 0.323 e. The standard InChI is InChI=1S/C27H22N6O3.ClH/c1-28-26(34)24-16-21(14-15-29-24)36-20-12-10-19(11-13-20)31-27(35)30-18-8-6-17(7-9-18)25-32-22-4-2-3-5-23(22)33-25;/h2-16H,1H3,(H,28,34)(H,32,33)(H2,30,31,35);1H. The number of para-hydroxylation sites is 2. The number of aromatic nitrogens is 3. The normalized spacial score (nSPS) is 10.3. The van der Waals surface area contributed by atoms with E-state index in [1.807, 2.05) is 48.5 Å². The second kappa shape index (κ2) is 11.2. The Morgan fingerprint density at radius 2 is 1.51 bits per heavy atom. The zero-order chi connectivity index (χ0) is 24.9. The number of rotatable bonds is 6. The van der Waals surface area contributed by atoms with Crippen LogP contribution in [-0.4, -0.2) is 33.9 Å². The number of imidazole rings is 1. The van der Waals surface area contributed by atoms with Crippen molar-refractivity contribution >= 4 is 46.8 Å². The highest BCUT2D eigenvalue weighted by atomic mass is 35.5. The number of aromatic amines is 1. The van der Waals surface area contributed by atoms with E-state index in [4.69, 9.17) is 4.74 Å². The molecular weight excluding hydrogens is 492 g/mol. The number of nitrogens with one attached hydrogen (secondary N) is 4. The third-order valence-electron chi connectivity index (χ3n) is 5.34. The summed E-state index contributed by atoms with van der Waals surface area (Å²) >= 11 is 0. The fourth-order valence-electron chi connectivity index (χ4n) is 3.56. The Balaban J connectivity index is 0.00000320. The number of amides is 3. The molecule has 0 atom stereocenters. The largest absolute Gasteiger partial charge is 0.457 e. The Hall–Kier alpha value is -4.89. The van der Waals surface area contributed by atoms with E-state index in [2.05, 4.69) is 30.9 Å². The topological polar surface area (TPSA) is 121 Å². The van der Waals surface area contributed by atoms with Crippen molar-refractivity contribution < 1.29 is 14.3 Å². The van der Waals surface area contributed by atoms with Gasteiger partial charge in [0.1, 0.15) is 23.0 Å². The van der Waals surface area contributed by atoms with E-state index in [1.54, 1.807) is 36.4 Å². The lowest BCUT2D eigenvalue weighted by atomic mass is 10.2. The van der Waals surface area contributed by atoms with E-state index in [-0.39, 0.29) is 30.0 Å². The molecule has 0 spiro atoms. The number of urea groups is 1. The summed E-state index contributed by atoms with van der Waals surface area (Å²) in [5.74, 6) is 1.51. The molecule has 0 aliphatic heterocycles. The summed E-state index contributed by atoms with van der Waals surface area (Å²) in [4.78, 5) is 36.1. The zero-order valence-corrected chi connectivity index (χ0v) is 20.5. The number of anilines is 2. The summed E-state index contributed by atoms with van der Waals surface area (Å²) < 4.78 is 5.78. The first-order valence-corrected chi connectivity index (χ1v) is 11.2. The number of H-pyrrole nitrogens is 1. The number of carbonyl (C=O) groups excluding carboxylic acids is 2. The lowest BCUT2D eigenvalue weighted by Crippen LogP contribution is -2.19. The molecule has 0 aliphatic carbocycles. The van der Waals surface area contributed by atoms with E-state index >= 15 is 0 Å². The first-order valence-electron chi connectivity index (χ1n) is 11.2. The van der Waals surface area contributed by atoms with E-state index < -0.39 is 0 Å². The molecule has 0 saturated carbocycles. The fourth-order valence-corrected chi connectivity index (χ4v) is 3.56. The molecule has 4 N–H and O–H groups in total. The van der Waals surface area contributed by atoms with Crippen LogP contribution in [0.3, 0.4) is 0 Å². The molecule has 0 radical (unpaired) electrons. The Bertz CT molecular complexity index is 1500. The van der Waals surface area contributed by atoms with E-state index in [9.17, 15) is 9.59 Å². The van der Waals surface area contributed by atoms with Gasteiger partial charge in [0.15, 0.2) is 0 Å². The second-order valence-corrected chi connectivity index (χ2v) is 7.84. The van der Waals surface area contributed by atoms with Gasteiger partial charge in [-0.15, -0.1) is 12.4 Å². The first kappa shape index (κ1) is 25.2. The Labute approximate surface area is 218 Å². The van der Waals surface area contributed by atoms with Gasteiger partial charge in [-0.05, 0) is 66.7 Å². The molecule has 5 rings (SSSR count). The maximum absolute atomic E-state index is 12.4. The van der Waals surface area contributed by atoms with Crippen LogP contribution in [0.2, 0.25) is 0 Å². The van der Waals surface area contributed by atoms with Crippen molar-refractivity contribution in [2.24, 2.45) is 0 Å². The molecule has 2 heterocycles. The average Bonchev–Trinajstić information content (AvgIpc) is 3.34. The summed E-state index contributed by atoms with van der Waals surface area (Å²) in [6.07, 6.45) is 1.50. The number of hydrogen-bond donors (Lipinski definition) is 4. The van der Waals surface area contributed by atoms with Crippen molar-refractivity contribution in [3.63, 3.8) is 0 Å². The van der Waals surface area contributed by atoms with Gasteiger partial charge in [-0.1, -0.05) is 12.1 Å². The van der Waals surface area contributed by atoms with E-state index in [1.165, 1.54) is 13.2 Å². The Kier molecular flexibility index (Phi) is 7.65. The maximum Gasteiger partial charge on any atom is 0.323 e. The van der Waals surface area contributed by atoms with E-state index in [0.717, 1.165) is 22.4 Å². The highest BCUT2D eigenvalue weighted by Crippen LogP contribution is 2.24. The molecule has 0 aliphatic rings.